The Kier molecular flexibility index (Phi) is 6.55. The molecule has 1 unspecified atom stereocenters. The Balaban J connectivity index is 1.57. The number of carbonyl (C=O) groups is 2. The van der Waals surface area contributed by atoms with Crippen molar-refractivity contribution in [3.8, 4) is 0 Å². The molecule has 1 fully saturated rings. The Bertz CT molecular complexity index is 823. The summed E-state index contributed by atoms with van der Waals surface area (Å²) in [6, 6.07) is 11.6. The Labute approximate surface area is 172 Å². The first kappa shape index (κ1) is 19.9. The molecule has 0 saturated carbocycles. The number of urea groups is 1. The molecule has 2 aromatic rings. The van der Waals surface area contributed by atoms with E-state index in [9.17, 15) is 9.59 Å². The number of piperidine rings is 1. The molecule has 2 heterocycles. The monoisotopic (exact) mass is 449 g/mol. The van der Waals surface area contributed by atoms with Crippen LogP contribution in [0.3, 0.4) is 0 Å². The summed E-state index contributed by atoms with van der Waals surface area (Å²) >= 11 is 5.09. The van der Waals surface area contributed by atoms with Gasteiger partial charge in [-0.25, -0.2) is 4.79 Å². The first-order chi connectivity index (χ1) is 12.9. The zero-order chi connectivity index (χ0) is 19.4. The molecule has 1 aromatic heterocycles. The Hall–Kier alpha value is -1.86. The smallest absolute Gasteiger partial charge is 0.321 e. The average Bonchev–Trinajstić information content (AvgIpc) is 3.06. The number of rotatable bonds is 4. The zero-order valence-electron chi connectivity index (χ0n) is 15.6. The molecular weight excluding hydrogens is 426 g/mol. The van der Waals surface area contributed by atoms with Crippen LogP contribution in [0.5, 0.6) is 0 Å². The van der Waals surface area contributed by atoms with Gasteiger partial charge in [-0.2, -0.15) is 0 Å². The fourth-order valence-electron chi connectivity index (χ4n) is 3.35. The number of nitrogens with one attached hydrogen (secondary N) is 1. The van der Waals surface area contributed by atoms with Crippen LogP contribution in [-0.4, -0.2) is 41.9 Å². The van der Waals surface area contributed by atoms with Crippen molar-refractivity contribution >= 4 is 44.9 Å². The summed E-state index contributed by atoms with van der Waals surface area (Å²) in [5, 5.41) is 2.94. The largest absolute Gasteiger partial charge is 0.340 e. The van der Waals surface area contributed by atoms with E-state index in [1.54, 1.807) is 21.1 Å². The van der Waals surface area contributed by atoms with Gasteiger partial charge in [0, 0.05) is 30.7 Å². The van der Waals surface area contributed by atoms with Crippen LogP contribution in [0.25, 0.3) is 0 Å². The van der Waals surface area contributed by atoms with Crippen LogP contribution >= 0.6 is 27.3 Å². The van der Waals surface area contributed by atoms with E-state index in [1.165, 1.54) is 0 Å². The summed E-state index contributed by atoms with van der Waals surface area (Å²) < 4.78 is 1.06. The normalized spacial score (nSPS) is 16.9. The van der Waals surface area contributed by atoms with Crippen LogP contribution in [0, 0.1) is 12.8 Å². The van der Waals surface area contributed by atoms with Gasteiger partial charge >= 0.3 is 6.03 Å². The van der Waals surface area contributed by atoms with Crippen LogP contribution in [0.4, 0.5) is 10.5 Å². The zero-order valence-corrected chi connectivity index (χ0v) is 18.0. The number of likely N-dealkylation sites (tertiary alicyclic amines) is 1. The molecule has 7 heteroatoms. The second kappa shape index (κ2) is 8.89. The highest BCUT2D eigenvalue weighted by atomic mass is 79.9. The molecule has 1 aliphatic heterocycles. The Morgan fingerprint density at radius 3 is 2.85 bits per heavy atom. The second-order valence-electron chi connectivity index (χ2n) is 6.98. The number of thiophene rings is 1. The minimum Gasteiger partial charge on any atom is -0.340 e. The molecule has 5 nitrogen and oxygen atoms in total. The SMILES string of the molecule is Cc1cccc(NC(=O)N2CCCC(C(=O)N(C)Cc3ccc(Br)s3)C2)c1. The van der Waals surface area contributed by atoms with E-state index in [4.69, 9.17) is 0 Å². The number of benzene rings is 1. The molecule has 0 aliphatic carbocycles. The topological polar surface area (TPSA) is 52.7 Å². The minimum absolute atomic E-state index is 0.104. The van der Waals surface area contributed by atoms with E-state index in [1.807, 2.05) is 50.4 Å². The third-order valence-corrected chi connectivity index (χ3v) is 6.33. The van der Waals surface area contributed by atoms with Crippen molar-refractivity contribution < 1.29 is 9.59 Å². The van der Waals surface area contributed by atoms with Gasteiger partial charge in [0.05, 0.1) is 16.2 Å². The summed E-state index contributed by atoms with van der Waals surface area (Å²) in [5.74, 6) is -0.0389. The molecular formula is C20H24BrN3O2S. The number of aryl methyl sites for hydroxylation is 1. The molecule has 1 saturated heterocycles. The second-order valence-corrected chi connectivity index (χ2v) is 9.53. The van der Waals surface area contributed by atoms with E-state index in [-0.39, 0.29) is 17.9 Å². The van der Waals surface area contributed by atoms with E-state index in [0.29, 0.717) is 19.6 Å². The molecule has 0 bridgehead atoms. The molecule has 1 N–H and O–H groups in total. The van der Waals surface area contributed by atoms with Gasteiger partial charge in [0.25, 0.3) is 0 Å². The van der Waals surface area contributed by atoms with Gasteiger partial charge in [0.15, 0.2) is 0 Å². The molecule has 3 amide bonds. The third-order valence-electron chi connectivity index (χ3n) is 4.73. The first-order valence-electron chi connectivity index (χ1n) is 9.04. The molecule has 0 radical (unpaired) electrons. The van der Waals surface area contributed by atoms with E-state index in [2.05, 4.69) is 21.2 Å². The van der Waals surface area contributed by atoms with Gasteiger partial charge in [0.2, 0.25) is 5.91 Å². The maximum Gasteiger partial charge on any atom is 0.321 e. The van der Waals surface area contributed by atoms with E-state index < -0.39 is 0 Å². The highest BCUT2D eigenvalue weighted by Crippen LogP contribution is 2.25. The molecule has 144 valence electrons. The fraction of sp³-hybridized carbons (Fsp3) is 0.400. The van der Waals surface area contributed by atoms with Crippen molar-refractivity contribution in [2.24, 2.45) is 5.92 Å². The van der Waals surface area contributed by atoms with Crippen LogP contribution in [-0.2, 0) is 11.3 Å². The van der Waals surface area contributed by atoms with Crippen molar-refractivity contribution in [1.82, 2.24) is 9.80 Å². The highest BCUT2D eigenvalue weighted by molar-refractivity contribution is 9.11. The summed E-state index contributed by atoms with van der Waals surface area (Å²) in [6.45, 7) is 3.74. The lowest BCUT2D eigenvalue weighted by Gasteiger charge is -2.34. The third kappa shape index (κ3) is 5.32. The number of carbonyl (C=O) groups excluding carboxylic acids is 2. The van der Waals surface area contributed by atoms with Crippen molar-refractivity contribution in [2.45, 2.75) is 26.3 Å². The Morgan fingerprint density at radius 1 is 1.33 bits per heavy atom. The van der Waals surface area contributed by atoms with Crippen molar-refractivity contribution in [1.29, 1.82) is 0 Å². The Morgan fingerprint density at radius 2 is 2.15 bits per heavy atom. The minimum atomic E-state index is -0.143. The summed E-state index contributed by atoms with van der Waals surface area (Å²) in [5.41, 5.74) is 1.88. The van der Waals surface area contributed by atoms with Gasteiger partial charge in [-0.1, -0.05) is 12.1 Å². The maximum atomic E-state index is 12.8. The van der Waals surface area contributed by atoms with E-state index >= 15 is 0 Å². The maximum absolute atomic E-state index is 12.8. The number of halogens is 1. The van der Waals surface area contributed by atoms with Gasteiger partial charge in [-0.05, 0) is 65.5 Å². The summed E-state index contributed by atoms with van der Waals surface area (Å²) in [6.07, 6.45) is 1.67. The molecule has 27 heavy (non-hydrogen) atoms. The first-order valence-corrected chi connectivity index (χ1v) is 10.6. The number of anilines is 1. The van der Waals surface area contributed by atoms with E-state index in [0.717, 1.165) is 32.8 Å². The van der Waals surface area contributed by atoms with Crippen LogP contribution in [0.15, 0.2) is 40.2 Å². The molecule has 1 aliphatic rings. The van der Waals surface area contributed by atoms with Crippen molar-refractivity contribution in [3.05, 3.63) is 50.6 Å². The lowest BCUT2D eigenvalue weighted by Crippen LogP contribution is -2.47. The van der Waals surface area contributed by atoms with Crippen LogP contribution in [0.1, 0.15) is 23.3 Å². The lowest BCUT2D eigenvalue weighted by atomic mass is 9.97. The number of nitrogens with zero attached hydrogens (tertiary/aromatic N) is 2. The number of hydrogen-bond donors (Lipinski definition) is 1. The number of amides is 3. The van der Waals surface area contributed by atoms with Gasteiger partial charge in [-0.15, -0.1) is 11.3 Å². The van der Waals surface area contributed by atoms with Crippen molar-refractivity contribution in [3.63, 3.8) is 0 Å². The van der Waals surface area contributed by atoms with Crippen LogP contribution < -0.4 is 5.32 Å². The fourth-order valence-corrected chi connectivity index (χ4v) is 4.89. The van der Waals surface area contributed by atoms with Gasteiger partial charge in [0.1, 0.15) is 0 Å². The van der Waals surface area contributed by atoms with Gasteiger partial charge < -0.3 is 15.1 Å². The summed E-state index contributed by atoms with van der Waals surface area (Å²) in [4.78, 5) is 30.1. The molecule has 0 spiro atoms. The predicted molar refractivity (Wildman–Crippen MR) is 113 cm³/mol. The average molecular weight is 450 g/mol. The number of hydrogen-bond acceptors (Lipinski definition) is 3. The van der Waals surface area contributed by atoms with Gasteiger partial charge in [-0.3, -0.25) is 4.79 Å². The standard InChI is InChI=1S/C20H24BrN3O2S/c1-14-5-3-7-16(11-14)22-20(26)24-10-4-6-15(12-24)19(25)23(2)13-17-8-9-18(21)27-17/h3,5,7-9,11,15H,4,6,10,12-13H2,1-2H3,(H,22,26). The quantitative estimate of drug-likeness (QED) is 0.733. The predicted octanol–water partition coefficient (Wildman–Crippen LogP) is 4.72. The van der Waals surface area contributed by atoms with Crippen LogP contribution in [0.2, 0.25) is 0 Å². The molecule has 1 atom stereocenters. The summed E-state index contributed by atoms with van der Waals surface area (Å²) in [7, 11) is 1.84. The molecule has 1 aromatic carbocycles. The van der Waals surface area contributed by atoms with Crippen molar-refractivity contribution in [2.75, 3.05) is 25.5 Å². The highest BCUT2D eigenvalue weighted by Gasteiger charge is 2.30. The lowest BCUT2D eigenvalue weighted by molar-refractivity contribution is -0.136. The molecule has 3 rings (SSSR count).